The average Bonchev–Trinajstić information content (AvgIpc) is 2.36. The monoisotopic (exact) mass is 249 g/mol. The van der Waals surface area contributed by atoms with E-state index in [1.54, 1.807) is 51.2 Å². The van der Waals surface area contributed by atoms with E-state index in [9.17, 15) is 9.90 Å². The zero-order valence-electron chi connectivity index (χ0n) is 10.9. The highest BCUT2D eigenvalue weighted by molar-refractivity contribution is 5.92. The Balaban J connectivity index is 2.73. The molecule has 0 spiro atoms. The van der Waals surface area contributed by atoms with Gasteiger partial charge in [0.25, 0.3) is 0 Å². The van der Waals surface area contributed by atoms with E-state index in [1.807, 2.05) is 0 Å². The Kier molecular flexibility index (Phi) is 4.50. The Hall–Kier alpha value is -1.81. The molecule has 2 N–H and O–H groups in total. The van der Waals surface area contributed by atoms with E-state index in [0.717, 1.165) is 5.56 Å². The van der Waals surface area contributed by atoms with Crippen molar-refractivity contribution in [2.24, 2.45) is 0 Å². The number of likely N-dealkylation sites (N-methyl/N-ethyl adjacent to an activating group) is 1. The van der Waals surface area contributed by atoms with Gasteiger partial charge in [0, 0.05) is 13.1 Å². The Bertz CT molecular complexity index is 435. The zero-order chi connectivity index (χ0) is 13.8. The minimum absolute atomic E-state index is 0.0950. The molecule has 1 amide bonds. The molecule has 0 saturated carbocycles. The second-order valence-electron chi connectivity index (χ2n) is 4.79. The Morgan fingerprint density at radius 2 is 1.89 bits per heavy atom. The Labute approximate surface area is 107 Å². The van der Waals surface area contributed by atoms with Crippen LogP contribution in [0.2, 0.25) is 0 Å². The van der Waals surface area contributed by atoms with Crippen molar-refractivity contribution in [2.45, 2.75) is 19.4 Å². The highest BCUT2D eigenvalue weighted by atomic mass is 16.3. The predicted molar refractivity (Wildman–Crippen MR) is 71.1 cm³/mol. The molecule has 0 aliphatic carbocycles. The van der Waals surface area contributed by atoms with E-state index in [-0.39, 0.29) is 18.3 Å². The molecule has 98 valence electrons. The molecule has 0 bridgehead atoms. The maximum Gasteiger partial charge on any atom is 0.246 e. The van der Waals surface area contributed by atoms with E-state index in [2.05, 4.69) is 0 Å². The molecule has 0 heterocycles. The van der Waals surface area contributed by atoms with Crippen LogP contribution in [0, 0.1) is 0 Å². The first-order valence-corrected chi connectivity index (χ1v) is 5.72. The molecule has 18 heavy (non-hydrogen) atoms. The average molecular weight is 249 g/mol. The van der Waals surface area contributed by atoms with Gasteiger partial charge in [0.05, 0.1) is 12.1 Å². The number of phenols is 1. The van der Waals surface area contributed by atoms with Crippen LogP contribution in [0.1, 0.15) is 19.4 Å². The number of hydrogen-bond acceptors (Lipinski definition) is 3. The maximum atomic E-state index is 11.9. The number of carbonyl (C=O) groups is 1. The highest BCUT2D eigenvalue weighted by Crippen LogP contribution is 2.13. The summed E-state index contributed by atoms with van der Waals surface area (Å²) in [5.74, 6) is 0.0131. The number of hydrogen-bond donors (Lipinski definition) is 2. The van der Waals surface area contributed by atoms with Crippen molar-refractivity contribution in [2.75, 3.05) is 13.7 Å². The van der Waals surface area contributed by atoms with Crippen molar-refractivity contribution in [3.63, 3.8) is 0 Å². The van der Waals surface area contributed by atoms with Gasteiger partial charge in [-0.15, -0.1) is 0 Å². The van der Waals surface area contributed by atoms with Gasteiger partial charge in [-0.1, -0.05) is 12.1 Å². The lowest BCUT2D eigenvalue weighted by Crippen LogP contribution is -2.47. The highest BCUT2D eigenvalue weighted by Gasteiger charge is 2.25. The fourth-order valence-electron chi connectivity index (χ4n) is 1.27. The van der Waals surface area contributed by atoms with Crippen LogP contribution in [-0.2, 0) is 4.79 Å². The smallest absolute Gasteiger partial charge is 0.246 e. The van der Waals surface area contributed by atoms with E-state index >= 15 is 0 Å². The fraction of sp³-hybridized carbons (Fsp3) is 0.357. The van der Waals surface area contributed by atoms with Gasteiger partial charge in [-0.05, 0) is 37.6 Å². The van der Waals surface area contributed by atoms with Gasteiger partial charge in [-0.2, -0.15) is 0 Å². The van der Waals surface area contributed by atoms with Crippen molar-refractivity contribution in [1.82, 2.24) is 4.90 Å². The molecule has 0 atom stereocenters. The van der Waals surface area contributed by atoms with E-state index < -0.39 is 5.54 Å². The number of aliphatic hydroxyl groups is 1. The molecule has 0 unspecified atom stereocenters. The summed E-state index contributed by atoms with van der Waals surface area (Å²) in [6.07, 6.45) is 3.12. The normalized spacial score (nSPS) is 11.8. The molecule has 1 rings (SSSR count). The first kappa shape index (κ1) is 14.3. The number of rotatable bonds is 4. The second kappa shape index (κ2) is 5.69. The van der Waals surface area contributed by atoms with Crippen molar-refractivity contribution >= 4 is 12.0 Å². The number of amides is 1. The number of carbonyl (C=O) groups excluding carboxylic acids is 1. The minimum Gasteiger partial charge on any atom is -0.508 e. The van der Waals surface area contributed by atoms with Crippen molar-refractivity contribution < 1.29 is 15.0 Å². The SMILES string of the molecule is CN(C(=O)/C=C/c1ccc(O)cc1)C(C)(C)CO. The largest absolute Gasteiger partial charge is 0.508 e. The number of benzene rings is 1. The van der Waals surface area contributed by atoms with Crippen molar-refractivity contribution in [3.8, 4) is 5.75 Å². The Morgan fingerprint density at radius 1 is 1.33 bits per heavy atom. The fourth-order valence-corrected chi connectivity index (χ4v) is 1.27. The summed E-state index contributed by atoms with van der Waals surface area (Å²) < 4.78 is 0. The van der Waals surface area contributed by atoms with Gasteiger partial charge >= 0.3 is 0 Å². The summed E-state index contributed by atoms with van der Waals surface area (Å²) in [5, 5.41) is 18.3. The van der Waals surface area contributed by atoms with Crippen LogP contribution < -0.4 is 0 Å². The summed E-state index contributed by atoms with van der Waals surface area (Å²) >= 11 is 0. The van der Waals surface area contributed by atoms with E-state index in [4.69, 9.17) is 5.11 Å². The molecular weight excluding hydrogens is 230 g/mol. The molecule has 0 fully saturated rings. The standard InChI is InChI=1S/C14H19NO3/c1-14(2,10-16)15(3)13(18)9-6-11-4-7-12(17)8-5-11/h4-9,16-17H,10H2,1-3H3/b9-6+. The van der Waals surface area contributed by atoms with Crippen LogP contribution in [0.15, 0.2) is 30.3 Å². The molecule has 1 aromatic carbocycles. The van der Waals surface area contributed by atoms with Crippen molar-refractivity contribution in [1.29, 1.82) is 0 Å². The van der Waals surface area contributed by atoms with Crippen LogP contribution in [0.3, 0.4) is 0 Å². The van der Waals surface area contributed by atoms with Gasteiger partial charge in [0.1, 0.15) is 5.75 Å². The zero-order valence-corrected chi connectivity index (χ0v) is 10.9. The molecule has 0 radical (unpaired) electrons. The first-order valence-electron chi connectivity index (χ1n) is 5.72. The van der Waals surface area contributed by atoms with Gasteiger partial charge in [-0.25, -0.2) is 0 Å². The topological polar surface area (TPSA) is 60.8 Å². The molecule has 0 saturated heterocycles. The van der Waals surface area contributed by atoms with Crippen LogP contribution >= 0.6 is 0 Å². The summed E-state index contributed by atoms with van der Waals surface area (Å²) in [5.41, 5.74) is 0.243. The third-order valence-electron chi connectivity index (χ3n) is 2.94. The molecule has 4 heteroatoms. The van der Waals surface area contributed by atoms with Gasteiger partial charge < -0.3 is 15.1 Å². The third kappa shape index (κ3) is 3.60. The molecule has 0 aromatic heterocycles. The Morgan fingerprint density at radius 3 is 2.39 bits per heavy atom. The number of phenolic OH excluding ortho intramolecular Hbond substituents is 1. The number of aromatic hydroxyl groups is 1. The van der Waals surface area contributed by atoms with Crippen LogP contribution in [-0.4, -0.2) is 40.2 Å². The van der Waals surface area contributed by atoms with Gasteiger partial charge in [0.2, 0.25) is 5.91 Å². The van der Waals surface area contributed by atoms with Gasteiger partial charge in [0.15, 0.2) is 0 Å². The van der Waals surface area contributed by atoms with E-state index in [1.165, 1.54) is 11.0 Å². The van der Waals surface area contributed by atoms with Crippen molar-refractivity contribution in [3.05, 3.63) is 35.9 Å². The quantitative estimate of drug-likeness (QED) is 0.797. The van der Waals surface area contributed by atoms with Gasteiger partial charge in [-0.3, -0.25) is 4.79 Å². The van der Waals surface area contributed by atoms with Crippen LogP contribution in [0.4, 0.5) is 0 Å². The lowest BCUT2D eigenvalue weighted by molar-refractivity contribution is -0.130. The molecular formula is C14H19NO3. The molecule has 4 nitrogen and oxygen atoms in total. The summed E-state index contributed by atoms with van der Waals surface area (Å²) in [4.78, 5) is 13.4. The molecule has 1 aromatic rings. The first-order chi connectivity index (χ1) is 8.36. The summed E-state index contributed by atoms with van der Waals surface area (Å²) in [7, 11) is 1.65. The maximum absolute atomic E-state index is 11.9. The summed E-state index contributed by atoms with van der Waals surface area (Å²) in [6, 6.07) is 6.56. The number of aliphatic hydroxyl groups excluding tert-OH is 1. The molecule has 0 aliphatic heterocycles. The van der Waals surface area contributed by atoms with Crippen LogP contribution in [0.5, 0.6) is 5.75 Å². The van der Waals surface area contributed by atoms with E-state index in [0.29, 0.717) is 0 Å². The van der Waals surface area contributed by atoms with Crippen LogP contribution in [0.25, 0.3) is 6.08 Å². The lowest BCUT2D eigenvalue weighted by atomic mass is 10.1. The number of nitrogens with zero attached hydrogens (tertiary/aromatic N) is 1. The lowest BCUT2D eigenvalue weighted by Gasteiger charge is -2.33. The summed E-state index contributed by atoms with van der Waals surface area (Å²) in [6.45, 7) is 3.49. The second-order valence-corrected chi connectivity index (χ2v) is 4.79. The molecule has 0 aliphatic rings. The predicted octanol–water partition coefficient (Wildman–Crippen LogP) is 1.63. The minimum atomic E-state index is -0.587. The third-order valence-corrected chi connectivity index (χ3v) is 2.94.